The Morgan fingerprint density at radius 1 is 1.25 bits per heavy atom. The maximum absolute atomic E-state index is 13.3. The molecule has 0 fully saturated rings. The molecule has 2 heterocycles. The number of nitrogens with one attached hydrogen (secondary N) is 2. The summed E-state index contributed by atoms with van der Waals surface area (Å²) in [5.41, 5.74) is 2.65. The van der Waals surface area contributed by atoms with Crippen LogP contribution in [0, 0.1) is 12.7 Å². The van der Waals surface area contributed by atoms with E-state index in [4.69, 9.17) is 4.74 Å². The SMILES string of the molecule is COc1ccc(NC(=O)c2cc(-c3ccc(F)c(C)c3)n[nH]2)cn1. The molecule has 3 rings (SSSR count). The second-order valence-electron chi connectivity index (χ2n) is 5.17. The van der Waals surface area contributed by atoms with E-state index in [-0.39, 0.29) is 11.7 Å². The first kappa shape index (κ1) is 15.7. The second-order valence-corrected chi connectivity index (χ2v) is 5.17. The lowest BCUT2D eigenvalue weighted by atomic mass is 10.1. The highest BCUT2D eigenvalue weighted by Gasteiger charge is 2.12. The van der Waals surface area contributed by atoms with Crippen LogP contribution in [0.4, 0.5) is 10.1 Å². The van der Waals surface area contributed by atoms with Gasteiger partial charge in [0, 0.05) is 11.6 Å². The number of halogens is 1. The van der Waals surface area contributed by atoms with Crippen LogP contribution < -0.4 is 10.1 Å². The van der Waals surface area contributed by atoms with Crippen LogP contribution >= 0.6 is 0 Å². The number of nitrogens with zero attached hydrogens (tertiary/aromatic N) is 2. The average Bonchev–Trinajstić information content (AvgIpc) is 3.08. The van der Waals surface area contributed by atoms with Crippen molar-refractivity contribution in [1.82, 2.24) is 15.2 Å². The summed E-state index contributed by atoms with van der Waals surface area (Å²) in [4.78, 5) is 16.2. The number of pyridine rings is 1. The second kappa shape index (κ2) is 6.49. The molecule has 0 saturated carbocycles. The molecule has 0 bridgehead atoms. The summed E-state index contributed by atoms with van der Waals surface area (Å²) in [6, 6.07) is 9.62. The number of H-pyrrole nitrogens is 1. The first-order chi connectivity index (χ1) is 11.6. The Morgan fingerprint density at radius 2 is 2.08 bits per heavy atom. The minimum Gasteiger partial charge on any atom is -0.481 e. The summed E-state index contributed by atoms with van der Waals surface area (Å²) >= 11 is 0. The Balaban J connectivity index is 1.76. The van der Waals surface area contributed by atoms with Gasteiger partial charge >= 0.3 is 0 Å². The van der Waals surface area contributed by atoms with Crippen LogP contribution in [-0.4, -0.2) is 28.2 Å². The fourth-order valence-corrected chi connectivity index (χ4v) is 2.16. The Hall–Kier alpha value is -3.22. The maximum atomic E-state index is 13.3. The standard InChI is InChI=1S/C17H15FN4O2/c1-10-7-11(3-5-13(10)18)14-8-15(22-21-14)17(23)20-12-4-6-16(24-2)19-9-12/h3-9H,1-2H3,(H,20,23)(H,21,22). The van der Waals surface area contributed by atoms with Gasteiger partial charge in [0.25, 0.3) is 5.91 Å². The van der Waals surface area contributed by atoms with Gasteiger partial charge in [-0.3, -0.25) is 9.89 Å². The van der Waals surface area contributed by atoms with Gasteiger partial charge in [-0.1, -0.05) is 0 Å². The van der Waals surface area contributed by atoms with Crippen LogP contribution in [0.5, 0.6) is 5.88 Å². The lowest BCUT2D eigenvalue weighted by molar-refractivity contribution is 0.102. The topological polar surface area (TPSA) is 79.9 Å². The zero-order valence-corrected chi connectivity index (χ0v) is 13.1. The number of anilines is 1. The predicted molar refractivity (Wildman–Crippen MR) is 87.5 cm³/mol. The number of carbonyl (C=O) groups is 1. The number of carbonyl (C=O) groups excluding carboxylic acids is 1. The number of methoxy groups -OCH3 is 1. The van der Waals surface area contributed by atoms with E-state index in [9.17, 15) is 9.18 Å². The van der Waals surface area contributed by atoms with Crippen LogP contribution in [0.25, 0.3) is 11.3 Å². The van der Waals surface area contributed by atoms with Gasteiger partial charge < -0.3 is 10.1 Å². The molecule has 0 aliphatic heterocycles. The van der Waals surface area contributed by atoms with Crippen molar-refractivity contribution in [3.8, 4) is 17.1 Å². The van der Waals surface area contributed by atoms with Gasteiger partial charge in [-0.05, 0) is 42.8 Å². The van der Waals surface area contributed by atoms with Gasteiger partial charge in [0.2, 0.25) is 5.88 Å². The largest absolute Gasteiger partial charge is 0.481 e. The third-order valence-corrected chi connectivity index (χ3v) is 3.48. The van der Waals surface area contributed by atoms with Crippen molar-refractivity contribution in [3.63, 3.8) is 0 Å². The summed E-state index contributed by atoms with van der Waals surface area (Å²) < 4.78 is 18.3. The van der Waals surface area contributed by atoms with Crippen molar-refractivity contribution < 1.29 is 13.9 Å². The van der Waals surface area contributed by atoms with Crippen molar-refractivity contribution >= 4 is 11.6 Å². The quantitative estimate of drug-likeness (QED) is 0.772. The van der Waals surface area contributed by atoms with Crippen molar-refractivity contribution in [2.75, 3.05) is 12.4 Å². The van der Waals surface area contributed by atoms with Crippen molar-refractivity contribution in [3.05, 3.63) is 59.7 Å². The van der Waals surface area contributed by atoms with E-state index in [0.29, 0.717) is 28.5 Å². The summed E-state index contributed by atoms with van der Waals surface area (Å²) in [6.45, 7) is 1.68. The van der Waals surface area contributed by atoms with Gasteiger partial charge in [0.05, 0.1) is 24.7 Å². The highest BCUT2D eigenvalue weighted by molar-refractivity contribution is 6.03. The molecular weight excluding hydrogens is 311 g/mol. The molecule has 0 unspecified atom stereocenters. The zero-order chi connectivity index (χ0) is 17.1. The number of hydrogen-bond donors (Lipinski definition) is 2. The molecule has 0 aliphatic carbocycles. The molecule has 1 amide bonds. The lowest BCUT2D eigenvalue weighted by Gasteiger charge is -2.03. The first-order valence-corrected chi connectivity index (χ1v) is 7.20. The Morgan fingerprint density at radius 3 is 2.75 bits per heavy atom. The number of amides is 1. The van der Waals surface area contributed by atoms with Crippen LogP contribution in [0.3, 0.4) is 0 Å². The van der Waals surface area contributed by atoms with E-state index in [1.54, 1.807) is 37.3 Å². The third kappa shape index (κ3) is 3.24. The molecule has 0 radical (unpaired) electrons. The van der Waals surface area contributed by atoms with Gasteiger partial charge in [-0.2, -0.15) is 5.10 Å². The number of aryl methyl sites for hydroxylation is 1. The molecule has 2 N–H and O–H groups in total. The number of hydrogen-bond acceptors (Lipinski definition) is 4. The molecule has 122 valence electrons. The monoisotopic (exact) mass is 326 g/mol. The Labute approximate surface area is 137 Å². The van der Waals surface area contributed by atoms with E-state index < -0.39 is 0 Å². The molecule has 0 aliphatic rings. The molecule has 0 saturated heterocycles. The van der Waals surface area contributed by atoms with Gasteiger partial charge in [0.15, 0.2) is 0 Å². The van der Waals surface area contributed by atoms with Crippen molar-refractivity contribution in [2.45, 2.75) is 6.92 Å². The molecule has 7 heteroatoms. The van der Waals surface area contributed by atoms with E-state index in [2.05, 4.69) is 20.5 Å². The van der Waals surface area contributed by atoms with E-state index in [1.807, 2.05) is 0 Å². The number of aromatic nitrogens is 3. The number of rotatable bonds is 4. The average molecular weight is 326 g/mol. The molecule has 2 aromatic heterocycles. The van der Waals surface area contributed by atoms with Crippen LogP contribution in [0.1, 0.15) is 16.1 Å². The van der Waals surface area contributed by atoms with Crippen molar-refractivity contribution in [2.24, 2.45) is 0 Å². The molecule has 1 aromatic carbocycles. The molecule has 0 spiro atoms. The minimum atomic E-state index is -0.348. The number of aromatic amines is 1. The highest BCUT2D eigenvalue weighted by atomic mass is 19.1. The minimum absolute atomic E-state index is 0.278. The highest BCUT2D eigenvalue weighted by Crippen LogP contribution is 2.21. The van der Waals surface area contributed by atoms with E-state index in [1.165, 1.54) is 19.4 Å². The van der Waals surface area contributed by atoms with Crippen LogP contribution in [0.2, 0.25) is 0 Å². The molecule has 24 heavy (non-hydrogen) atoms. The first-order valence-electron chi connectivity index (χ1n) is 7.20. The van der Waals surface area contributed by atoms with Crippen molar-refractivity contribution in [1.29, 1.82) is 0 Å². The Kier molecular flexibility index (Phi) is 4.24. The molecular formula is C17H15FN4O2. The molecule has 6 nitrogen and oxygen atoms in total. The van der Waals surface area contributed by atoms with Gasteiger partial charge in [0.1, 0.15) is 11.5 Å². The normalized spacial score (nSPS) is 10.5. The van der Waals surface area contributed by atoms with Crippen LogP contribution in [-0.2, 0) is 0 Å². The zero-order valence-electron chi connectivity index (χ0n) is 13.1. The number of ether oxygens (including phenoxy) is 1. The van der Waals surface area contributed by atoms with E-state index in [0.717, 1.165) is 5.56 Å². The predicted octanol–water partition coefficient (Wildman–Crippen LogP) is 3.18. The van der Waals surface area contributed by atoms with Gasteiger partial charge in [-0.25, -0.2) is 9.37 Å². The third-order valence-electron chi connectivity index (χ3n) is 3.48. The molecule has 3 aromatic rings. The summed E-state index contributed by atoms with van der Waals surface area (Å²) in [7, 11) is 1.52. The lowest BCUT2D eigenvalue weighted by Crippen LogP contribution is -2.12. The van der Waals surface area contributed by atoms with E-state index >= 15 is 0 Å². The summed E-state index contributed by atoms with van der Waals surface area (Å²) in [5, 5.41) is 9.49. The fraction of sp³-hybridized carbons (Fsp3) is 0.118. The smallest absolute Gasteiger partial charge is 0.273 e. The summed E-state index contributed by atoms with van der Waals surface area (Å²) in [6.07, 6.45) is 1.50. The summed E-state index contributed by atoms with van der Waals surface area (Å²) in [5.74, 6) is -0.165. The Bertz CT molecular complexity index is 875. The maximum Gasteiger partial charge on any atom is 0.273 e. The number of benzene rings is 1. The van der Waals surface area contributed by atoms with Crippen LogP contribution in [0.15, 0.2) is 42.6 Å². The fourth-order valence-electron chi connectivity index (χ4n) is 2.16. The van der Waals surface area contributed by atoms with Gasteiger partial charge in [-0.15, -0.1) is 0 Å². The molecule has 0 atom stereocenters.